The molecule has 3 heterocycles. The van der Waals surface area contributed by atoms with E-state index in [1.54, 1.807) is 43.7 Å². The highest BCUT2D eigenvalue weighted by Gasteiger charge is 2.16. The van der Waals surface area contributed by atoms with Gasteiger partial charge in [-0.15, -0.1) is 0 Å². The van der Waals surface area contributed by atoms with Gasteiger partial charge in [0.05, 0.1) is 11.4 Å². The van der Waals surface area contributed by atoms with E-state index >= 15 is 0 Å². The Morgan fingerprint density at radius 1 is 0.949 bits per heavy atom. The molecule has 1 atom stereocenters. The van der Waals surface area contributed by atoms with E-state index in [-0.39, 0.29) is 0 Å². The molecular weight excluding hydrogens is 494 g/mol. The molecule has 5 aromatic rings. The second kappa shape index (κ2) is 12.3. The summed E-state index contributed by atoms with van der Waals surface area (Å²) in [5.41, 5.74) is 3.91. The van der Waals surface area contributed by atoms with Crippen molar-refractivity contribution in [2.24, 2.45) is 0 Å². The van der Waals surface area contributed by atoms with Gasteiger partial charge in [-0.3, -0.25) is 9.59 Å². The number of carboxylic acids is 1. The number of benzene rings is 2. The Balaban J connectivity index is 0.000000212. The summed E-state index contributed by atoms with van der Waals surface area (Å²) in [5.74, 6) is -0.0425. The van der Waals surface area contributed by atoms with Gasteiger partial charge in [0.25, 0.3) is 5.91 Å². The van der Waals surface area contributed by atoms with Gasteiger partial charge in [-0.2, -0.15) is 0 Å². The first-order valence-electron chi connectivity index (χ1n) is 12.2. The number of carbonyl (C=O) groups excluding carboxylic acids is 1. The van der Waals surface area contributed by atoms with E-state index in [2.05, 4.69) is 47.6 Å². The first kappa shape index (κ1) is 26.8. The van der Waals surface area contributed by atoms with Gasteiger partial charge >= 0.3 is 5.97 Å². The third-order valence-electron chi connectivity index (χ3n) is 5.89. The number of aliphatic carboxylic acids is 1. The molecule has 0 aliphatic heterocycles. The molecule has 1 amide bonds. The van der Waals surface area contributed by atoms with Crippen molar-refractivity contribution in [2.45, 2.75) is 13.0 Å². The fourth-order valence-electron chi connectivity index (χ4n) is 3.72. The molecular formula is C29H29N7O3. The van der Waals surface area contributed by atoms with Crippen LogP contribution in [0, 0.1) is 0 Å². The molecule has 2 aromatic carbocycles. The van der Waals surface area contributed by atoms with Crippen LogP contribution in [-0.4, -0.2) is 57.1 Å². The number of carbonyl (C=O) groups is 2. The molecule has 3 aromatic heterocycles. The molecule has 0 spiro atoms. The van der Waals surface area contributed by atoms with Gasteiger partial charge in [0.2, 0.25) is 5.95 Å². The van der Waals surface area contributed by atoms with Crippen LogP contribution in [0.2, 0.25) is 0 Å². The number of pyridine rings is 1. The molecule has 10 heteroatoms. The molecule has 0 aliphatic rings. The van der Waals surface area contributed by atoms with Gasteiger partial charge in [-0.05, 0) is 61.5 Å². The Labute approximate surface area is 225 Å². The second-order valence-corrected chi connectivity index (χ2v) is 8.62. The molecule has 39 heavy (non-hydrogen) atoms. The van der Waals surface area contributed by atoms with Crippen molar-refractivity contribution in [3.05, 3.63) is 96.8 Å². The highest BCUT2D eigenvalue weighted by Crippen LogP contribution is 2.24. The molecule has 0 radical (unpaired) electrons. The summed E-state index contributed by atoms with van der Waals surface area (Å²) in [4.78, 5) is 41.0. The molecule has 0 saturated heterocycles. The number of H-pyrrole nitrogens is 1. The van der Waals surface area contributed by atoms with E-state index in [4.69, 9.17) is 5.11 Å². The molecule has 10 nitrogen and oxygen atoms in total. The van der Waals surface area contributed by atoms with E-state index in [9.17, 15) is 9.59 Å². The molecule has 0 saturated carbocycles. The predicted octanol–water partition coefficient (Wildman–Crippen LogP) is 4.72. The van der Waals surface area contributed by atoms with Crippen molar-refractivity contribution in [2.75, 3.05) is 24.3 Å². The topological polar surface area (TPSA) is 136 Å². The number of nitrogens with zero attached hydrogens (tertiary/aromatic N) is 4. The molecule has 0 aliphatic carbocycles. The quantitative estimate of drug-likeness (QED) is 0.241. The van der Waals surface area contributed by atoms with Crippen molar-refractivity contribution >= 4 is 40.2 Å². The Bertz CT molecular complexity index is 1520. The number of fused-ring (bicyclic) bond motifs is 1. The minimum absolute atomic E-state index is 0.393. The average Bonchev–Trinajstić information content (AvgIpc) is 3.41. The number of aromatic nitrogens is 4. The van der Waals surface area contributed by atoms with Crippen LogP contribution in [-0.2, 0) is 4.79 Å². The van der Waals surface area contributed by atoms with Crippen LogP contribution in [0.3, 0.4) is 0 Å². The number of hydrogen-bond donors (Lipinski definition) is 4. The largest absolute Gasteiger partial charge is 0.480 e. The van der Waals surface area contributed by atoms with Crippen LogP contribution < -0.4 is 15.5 Å². The molecule has 198 valence electrons. The Kier molecular flexibility index (Phi) is 8.47. The zero-order chi connectivity index (χ0) is 27.8. The van der Waals surface area contributed by atoms with Crippen LogP contribution in [0.5, 0.6) is 0 Å². The lowest BCUT2D eigenvalue weighted by Gasteiger charge is -2.17. The Morgan fingerprint density at radius 2 is 1.72 bits per heavy atom. The van der Waals surface area contributed by atoms with Crippen molar-refractivity contribution in [1.29, 1.82) is 0 Å². The molecule has 0 bridgehead atoms. The number of hydrogen-bond acceptors (Lipinski definition) is 7. The minimum atomic E-state index is -1.08. The summed E-state index contributed by atoms with van der Waals surface area (Å²) in [6, 6.07) is 23.9. The molecule has 4 N–H and O–H groups in total. The summed E-state index contributed by atoms with van der Waals surface area (Å²) < 4.78 is 0. The number of anilines is 3. The van der Waals surface area contributed by atoms with Gasteiger partial charge in [0.15, 0.2) is 0 Å². The van der Waals surface area contributed by atoms with Crippen LogP contribution >= 0.6 is 0 Å². The SMILES string of the molecule is CN(c1ccccc1)c1ccccn1.CNc1nccc(-c2cc3cc(C(=O)NC(C)C(=O)O)ccc3[nH]2)n1. The standard InChI is InChI=1S/C17H17N5O3.C12H12N2/c1-9(16(24)25)20-15(23)10-3-4-12-11(7-10)8-14(21-12)13-5-6-19-17(18-2)22-13;1-14(11-7-3-2-4-8-11)12-9-5-6-10-13-12/h3-9,21H,1-2H3,(H,20,23)(H,24,25)(H,18,19,22);2-10H,1H3. The summed E-state index contributed by atoms with van der Waals surface area (Å²) in [6.45, 7) is 1.42. The van der Waals surface area contributed by atoms with Crippen molar-refractivity contribution in [1.82, 2.24) is 25.3 Å². The monoisotopic (exact) mass is 523 g/mol. The summed E-state index contributed by atoms with van der Waals surface area (Å²) in [7, 11) is 3.75. The Morgan fingerprint density at radius 3 is 2.41 bits per heavy atom. The van der Waals surface area contributed by atoms with Crippen molar-refractivity contribution < 1.29 is 14.7 Å². The summed E-state index contributed by atoms with van der Waals surface area (Å²) in [6.07, 6.45) is 3.46. The smallest absolute Gasteiger partial charge is 0.325 e. The number of para-hydroxylation sites is 1. The third kappa shape index (κ3) is 6.75. The second-order valence-electron chi connectivity index (χ2n) is 8.62. The van der Waals surface area contributed by atoms with E-state index in [1.165, 1.54) is 6.92 Å². The van der Waals surface area contributed by atoms with Gasteiger partial charge < -0.3 is 25.6 Å². The van der Waals surface area contributed by atoms with Crippen LogP contribution in [0.1, 0.15) is 17.3 Å². The fourth-order valence-corrected chi connectivity index (χ4v) is 3.72. The number of rotatable bonds is 7. The number of carboxylic acid groups (broad SMARTS) is 1. The maximum atomic E-state index is 12.2. The van der Waals surface area contributed by atoms with Crippen LogP contribution in [0.4, 0.5) is 17.5 Å². The number of nitrogens with one attached hydrogen (secondary N) is 3. The zero-order valence-electron chi connectivity index (χ0n) is 21.8. The van der Waals surface area contributed by atoms with E-state index < -0.39 is 17.9 Å². The van der Waals surface area contributed by atoms with Crippen LogP contribution in [0.15, 0.2) is 91.3 Å². The zero-order valence-corrected chi connectivity index (χ0v) is 21.8. The number of amides is 1. The first-order valence-corrected chi connectivity index (χ1v) is 12.2. The lowest BCUT2D eigenvalue weighted by Crippen LogP contribution is -2.38. The maximum absolute atomic E-state index is 12.2. The van der Waals surface area contributed by atoms with E-state index in [1.807, 2.05) is 49.5 Å². The lowest BCUT2D eigenvalue weighted by atomic mass is 10.1. The van der Waals surface area contributed by atoms with Crippen molar-refractivity contribution in [3.8, 4) is 11.4 Å². The Hall–Kier alpha value is -5.25. The minimum Gasteiger partial charge on any atom is -0.480 e. The first-order chi connectivity index (χ1) is 18.9. The highest BCUT2D eigenvalue weighted by molar-refractivity contribution is 6.00. The van der Waals surface area contributed by atoms with Crippen molar-refractivity contribution in [3.63, 3.8) is 0 Å². The summed E-state index contributed by atoms with van der Waals surface area (Å²) in [5, 5.41) is 15.0. The fraction of sp³-hybridized carbons (Fsp3) is 0.138. The molecule has 1 unspecified atom stereocenters. The summed E-state index contributed by atoms with van der Waals surface area (Å²) >= 11 is 0. The third-order valence-corrected chi connectivity index (χ3v) is 5.89. The predicted molar refractivity (Wildman–Crippen MR) is 152 cm³/mol. The maximum Gasteiger partial charge on any atom is 0.325 e. The van der Waals surface area contributed by atoms with Gasteiger partial charge in [-0.25, -0.2) is 15.0 Å². The van der Waals surface area contributed by atoms with Gasteiger partial charge in [-0.1, -0.05) is 24.3 Å². The van der Waals surface area contributed by atoms with Gasteiger partial charge in [0, 0.05) is 48.6 Å². The van der Waals surface area contributed by atoms with E-state index in [0.717, 1.165) is 33.8 Å². The highest BCUT2D eigenvalue weighted by atomic mass is 16.4. The normalized spacial score (nSPS) is 11.2. The molecule has 5 rings (SSSR count). The molecule has 0 fully saturated rings. The van der Waals surface area contributed by atoms with E-state index in [0.29, 0.717) is 11.5 Å². The van der Waals surface area contributed by atoms with Gasteiger partial charge in [0.1, 0.15) is 11.9 Å². The lowest BCUT2D eigenvalue weighted by molar-refractivity contribution is -0.138. The number of aromatic amines is 1. The average molecular weight is 524 g/mol. The van der Waals surface area contributed by atoms with Crippen LogP contribution in [0.25, 0.3) is 22.3 Å².